The molecular formula is C25H28N6O6. The van der Waals surface area contributed by atoms with Crippen molar-refractivity contribution >= 4 is 35.1 Å². The minimum absolute atomic E-state index is 0.179. The van der Waals surface area contributed by atoms with Gasteiger partial charge in [0.2, 0.25) is 0 Å². The number of benzene rings is 1. The minimum Gasteiger partial charge on any atom is -0.469 e. The van der Waals surface area contributed by atoms with E-state index in [1.807, 2.05) is 49.4 Å². The highest BCUT2D eigenvalue weighted by Crippen LogP contribution is 2.42. The molecule has 12 heteroatoms. The molecule has 2 fully saturated rings. The molecular weight excluding hydrogens is 480 g/mol. The van der Waals surface area contributed by atoms with Gasteiger partial charge in [-0.1, -0.05) is 36.4 Å². The summed E-state index contributed by atoms with van der Waals surface area (Å²) in [6.07, 6.45) is 4.73. The molecule has 2 aliphatic rings. The fourth-order valence-corrected chi connectivity index (χ4v) is 4.46. The van der Waals surface area contributed by atoms with Crippen LogP contribution in [-0.4, -0.2) is 69.8 Å². The predicted molar refractivity (Wildman–Crippen MR) is 132 cm³/mol. The van der Waals surface area contributed by atoms with Gasteiger partial charge in [-0.2, -0.15) is 0 Å². The number of hydrogen-bond donors (Lipinski definition) is 2. The molecule has 2 aliphatic heterocycles. The van der Waals surface area contributed by atoms with E-state index in [2.05, 4.69) is 25.6 Å². The second-order valence-corrected chi connectivity index (χ2v) is 8.55. The topological polar surface area (TPSA) is 139 Å². The number of nitrogens with one attached hydrogen (secondary N) is 2. The molecule has 5 rings (SSSR count). The third-order valence-electron chi connectivity index (χ3n) is 6.18. The standard InChI is InChI=1S/C25H28N6O6/c1-3-26-25(33)30-22-19-23(28-13-27-22)31(14-29-19)24-21-20(16(35-24)10-11-17(32)34-2)36-18(37-21)12-9-15-7-5-4-6-8-15/h4-9,12-14,16,18,20-21,24H,3,10-11H2,1-2H3,(H2,26,27,28,30,33)/t16?,18-,20-,21?,24?/m1/s1. The van der Waals surface area contributed by atoms with Gasteiger partial charge >= 0.3 is 12.0 Å². The maximum atomic E-state index is 12.0. The fraction of sp³-hybridized carbons (Fsp3) is 0.400. The van der Waals surface area contributed by atoms with Gasteiger partial charge in [0.05, 0.1) is 19.5 Å². The van der Waals surface area contributed by atoms with E-state index < -0.39 is 36.9 Å². The maximum Gasteiger partial charge on any atom is 0.320 e. The van der Waals surface area contributed by atoms with Crippen molar-refractivity contribution in [3.8, 4) is 0 Å². The summed E-state index contributed by atoms with van der Waals surface area (Å²) >= 11 is 0. The lowest BCUT2D eigenvalue weighted by Crippen LogP contribution is -2.29. The Morgan fingerprint density at radius 1 is 1.11 bits per heavy atom. The summed E-state index contributed by atoms with van der Waals surface area (Å²) in [6, 6.07) is 9.45. The third kappa shape index (κ3) is 5.31. The van der Waals surface area contributed by atoms with Crippen molar-refractivity contribution in [2.45, 2.75) is 50.6 Å². The van der Waals surface area contributed by atoms with Crippen LogP contribution in [0.5, 0.6) is 0 Å². The van der Waals surface area contributed by atoms with Crippen molar-refractivity contribution in [2.24, 2.45) is 0 Å². The number of aromatic nitrogens is 4. The van der Waals surface area contributed by atoms with Crippen LogP contribution in [0.25, 0.3) is 17.2 Å². The largest absolute Gasteiger partial charge is 0.469 e. The van der Waals surface area contributed by atoms with Gasteiger partial charge in [0, 0.05) is 13.0 Å². The molecule has 1 aromatic carbocycles. The number of amides is 2. The highest BCUT2D eigenvalue weighted by molar-refractivity contribution is 5.95. The van der Waals surface area contributed by atoms with Crippen molar-refractivity contribution in [2.75, 3.05) is 19.0 Å². The molecule has 0 aliphatic carbocycles. The first-order chi connectivity index (χ1) is 18.1. The molecule has 2 aromatic heterocycles. The molecule has 2 N–H and O–H groups in total. The predicted octanol–water partition coefficient (Wildman–Crippen LogP) is 2.64. The molecule has 37 heavy (non-hydrogen) atoms. The molecule has 0 spiro atoms. The van der Waals surface area contributed by atoms with E-state index in [9.17, 15) is 9.59 Å². The highest BCUT2D eigenvalue weighted by atomic mass is 16.8. The molecule has 12 nitrogen and oxygen atoms in total. The Hall–Kier alpha value is -3.87. The maximum absolute atomic E-state index is 12.0. The Balaban J connectivity index is 1.40. The van der Waals surface area contributed by atoms with E-state index in [0.717, 1.165) is 5.56 Å². The lowest BCUT2D eigenvalue weighted by atomic mass is 10.1. The van der Waals surface area contributed by atoms with Crippen LogP contribution in [0.15, 0.2) is 49.1 Å². The molecule has 0 radical (unpaired) electrons. The lowest BCUT2D eigenvalue weighted by molar-refractivity contribution is -0.144. The Morgan fingerprint density at radius 3 is 2.70 bits per heavy atom. The zero-order valence-electron chi connectivity index (χ0n) is 20.4. The number of hydrogen-bond acceptors (Lipinski definition) is 9. The highest BCUT2D eigenvalue weighted by Gasteiger charge is 2.53. The summed E-state index contributed by atoms with van der Waals surface area (Å²) in [5, 5.41) is 5.35. The number of nitrogens with zero attached hydrogens (tertiary/aromatic N) is 4. The summed E-state index contributed by atoms with van der Waals surface area (Å²) < 4.78 is 25.3. The van der Waals surface area contributed by atoms with Crippen LogP contribution in [-0.2, 0) is 23.7 Å². The van der Waals surface area contributed by atoms with Crippen LogP contribution < -0.4 is 10.6 Å². The first-order valence-electron chi connectivity index (χ1n) is 12.1. The monoisotopic (exact) mass is 508 g/mol. The van der Waals surface area contributed by atoms with Gasteiger partial charge in [0.1, 0.15) is 18.5 Å². The number of anilines is 1. The van der Waals surface area contributed by atoms with Crippen LogP contribution in [0, 0.1) is 0 Å². The van der Waals surface area contributed by atoms with Gasteiger partial charge in [-0.3, -0.25) is 14.7 Å². The Morgan fingerprint density at radius 2 is 1.92 bits per heavy atom. The molecule has 2 saturated heterocycles. The zero-order valence-corrected chi connectivity index (χ0v) is 20.4. The molecule has 3 aromatic rings. The number of fused-ring (bicyclic) bond motifs is 2. The SMILES string of the molecule is CCNC(=O)Nc1ncnc2c1ncn2C1OC(CCC(=O)OC)[C@H]2O[C@@H](C=Cc3ccccc3)OC12. The van der Waals surface area contributed by atoms with Gasteiger partial charge in [0.25, 0.3) is 0 Å². The van der Waals surface area contributed by atoms with E-state index in [0.29, 0.717) is 24.1 Å². The number of rotatable bonds is 8. The summed E-state index contributed by atoms with van der Waals surface area (Å²) in [7, 11) is 1.35. The van der Waals surface area contributed by atoms with Crippen molar-refractivity contribution in [1.82, 2.24) is 24.8 Å². The van der Waals surface area contributed by atoms with Crippen LogP contribution in [0.4, 0.5) is 10.6 Å². The minimum atomic E-state index is -0.625. The molecule has 3 unspecified atom stereocenters. The Kier molecular flexibility index (Phi) is 7.40. The van der Waals surface area contributed by atoms with Crippen LogP contribution in [0.2, 0.25) is 0 Å². The van der Waals surface area contributed by atoms with E-state index in [1.54, 1.807) is 10.9 Å². The Bertz CT molecular complexity index is 1280. The second-order valence-electron chi connectivity index (χ2n) is 8.55. The summed E-state index contributed by atoms with van der Waals surface area (Å²) in [5.74, 6) is -0.0521. The van der Waals surface area contributed by atoms with E-state index in [4.69, 9.17) is 18.9 Å². The number of esters is 1. The lowest BCUT2D eigenvalue weighted by Gasteiger charge is -2.20. The molecule has 2 amide bonds. The van der Waals surface area contributed by atoms with Gasteiger partial charge in [0.15, 0.2) is 29.5 Å². The molecule has 4 heterocycles. The van der Waals surface area contributed by atoms with Crippen LogP contribution >= 0.6 is 0 Å². The number of carbonyl (C=O) groups excluding carboxylic acids is 2. The van der Waals surface area contributed by atoms with E-state index in [-0.39, 0.29) is 18.2 Å². The van der Waals surface area contributed by atoms with Crippen molar-refractivity contribution < 1.29 is 28.5 Å². The summed E-state index contributed by atoms with van der Waals surface area (Å²) in [6.45, 7) is 2.29. The van der Waals surface area contributed by atoms with Gasteiger partial charge in [-0.05, 0) is 25.0 Å². The number of ether oxygens (including phenoxy) is 4. The van der Waals surface area contributed by atoms with Crippen molar-refractivity contribution in [3.63, 3.8) is 0 Å². The molecule has 0 saturated carbocycles. The zero-order chi connectivity index (χ0) is 25.8. The smallest absolute Gasteiger partial charge is 0.320 e. The Labute approximate surface area is 213 Å². The summed E-state index contributed by atoms with van der Waals surface area (Å²) in [4.78, 5) is 36.8. The van der Waals surface area contributed by atoms with Crippen LogP contribution in [0.1, 0.15) is 31.6 Å². The fourth-order valence-electron chi connectivity index (χ4n) is 4.46. The van der Waals surface area contributed by atoms with E-state index in [1.165, 1.54) is 13.4 Å². The van der Waals surface area contributed by atoms with Crippen molar-refractivity contribution in [1.29, 1.82) is 0 Å². The van der Waals surface area contributed by atoms with Crippen molar-refractivity contribution in [3.05, 3.63) is 54.6 Å². The summed E-state index contributed by atoms with van der Waals surface area (Å²) in [5.41, 5.74) is 1.89. The number of imidazole rings is 1. The first kappa shape index (κ1) is 24.8. The number of methoxy groups -OCH3 is 1. The number of urea groups is 1. The average molecular weight is 509 g/mol. The number of carbonyl (C=O) groups is 2. The quantitative estimate of drug-likeness (QED) is 0.440. The normalized spacial score (nSPS) is 24.9. The molecule has 194 valence electrons. The third-order valence-corrected chi connectivity index (χ3v) is 6.18. The molecule has 0 bridgehead atoms. The molecule has 5 atom stereocenters. The van der Waals surface area contributed by atoms with Gasteiger partial charge < -0.3 is 24.3 Å². The van der Waals surface area contributed by atoms with Crippen LogP contribution in [0.3, 0.4) is 0 Å². The average Bonchev–Trinajstić information content (AvgIpc) is 3.61. The second kappa shape index (κ2) is 11.0. The first-order valence-corrected chi connectivity index (χ1v) is 12.1. The van der Waals surface area contributed by atoms with E-state index >= 15 is 0 Å². The van der Waals surface area contributed by atoms with Gasteiger partial charge in [-0.25, -0.2) is 19.7 Å². The van der Waals surface area contributed by atoms with Gasteiger partial charge in [-0.15, -0.1) is 0 Å².